The van der Waals surface area contributed by atoms with Crippen molar-refractivity contribution in [2.45, 2.75) is 6.92 Å². The van der Waals surface area contributed by atoms with Crippen LogP contribution in [0.3, 0.4) is 0 Å². The highest BCUT2D eigenvalue weighted by molar-refractivity contribution is 14.1. The molecule has 0 saturated carbocycles. The molecule has 0 amide bonds. The number of hydrogen-bond acceptors (Lipinski definition) is 3. The SMILES string of the molecule is CC(=O)c1c(I)cc(C#N)cc1C=O. The molecule has 0 aromatic heterocycles. The van der Waals surface area contributed by atoms with Crippen molar-refractivity contribution in [3.63, 3.8) is 0 Å². The summed E-state index contributed by atoms with van der Waals surface area (Å²) in [6.07, 6.45) is 0.597. The van der Waals surface area contributed by atoms with Crippen molar-refractivity contribution in [3.8, 4) is 6.07 Å². The van der Waals surface area contributed by atoms with Gasteiger partial charge < -0.3 is 0 Å². The summed E-state index contributed by atoms with van der Waals surface area (Å²) < 4.78 is 0.635. The Morgan fingerprint density at radius 3 is 2.64 bits per heavy atom. The first-order valence-electron chi connectivity index (χ1n) is 3.80. The molecule has 0 N–H and O–H groups in total. The Labute approximate surface area is 94.9 Å². The molecular weight excluding hydrogens is 293 g/mol. The highest BCUT2D eigenvalue weighted by Crippen LogP contribution is 2.18. The highest BCUT2D eigenvalue weighted by Gasteiger charge is 2.12. The molecule has 1 rings (SSSR count). The van der Waals surface area contributed by atoms with Gasteiger partial charge in [0.1, 0.15) is 0 Å². The largest absolute Gasteiger partial charge is 0.298 e. The van der Waals surface area contributed by atoms with E-state index in [1.165, 1.54) is 13.0 Å². The Morgan fingerprint density at radius 2 is 2.21 bits per heavy atom. The zero-order valence-corrected chi connectivity index (χ0v) is 9.53. The molecule has 1 aromatic carbocycles. The van der Waals surface area contributed by atoms with Crippen LogP contribution in [0.25, 0.3) is 0 Å². The van der Waals surface area contributed by atoms with Crippen LogP contribution in [0.15, 0.2) is 12.1 Å². The van der Waals surface area contributed by atoms with E-state index in [2.05, 4.69) is 0 Å². The lowest BCUT2D eigenvalue weighted by atomic mass is 10.0. The predicted molar refractivity (Wildman–Crippen MR) is 59.3 cm³/mol. The smallest absolute Gasteiger partial charge is 0.161 e. The lowest BCUT2D eigenvalue weighted by molar-refractivity contribution is 0.100. The van der Waals surface area contributed by atoms with E-state index in [4.69, 9.17) is 5.26 Å². The van der Waals surface area contributed by atoms with Crippen LogP contribution >= 0.6 is 22.6 Å². The molecule has 3 nitrogen and oxygen atoms in total. The molecule has 0 unspecified atom stereocenters. The molecule has 1 aromatic rings. The topological polar surface area (TPSA) is 57.9 Å². The third-order valence-electron chi connectivity index (χ3n) is 1.73. The van der Waals surface area contributed by atoms with E-state index < -0.39 is 0 Å². The molecule has 0 saturated heterocycles. The zero-order chi connectivity index (χ0) is 10.7. The van der Waals surface area contributed by atoms with Crippen molar-refractivity contribution in [2.24, 2.45) is 0 Å². The van der Waals surface area contributed by atoms with E-state index in [1.54, 1.807) is 6.07 Å². The maximum Gasteiger partial charge on any atom is 0.161 e. The fraction of sp³-hybridized carbons (Fsp3) is 0.100. The summed E-state index contributed by atoms with van der Waals surface area (Å²) in [6.45, 7) is 1.40. The molecule has 0 radical (unpaired) electrons. The van der Waals surface area contributed by atoms with Crippen LogP contribution in [-0.2, 0) is 0 Å². The fourth-order valence-electron chi connectivity index (χ4n) is 1.16. The first-order chi connectivity index (χ1) is 6.60. The van der Waals surface area contributed by atoms with Crippen molar-refractivity contribution in [1.82, 2.24) is 0 Å². The van der Waals surface area contributed by atoms with Crippen LogP contribution in [-0.4, -0.2) is 12.1 Å². The fourth-order valence-corrected chi connectivity index (χ4v) is 2.18. The van der Waals surface area contributed by atoms with E-state index in [1.807, 2.05) is 28.7 Å². The zero-order valence-electron chi connectivity index (χ0n) is 7.37. The number of benzene rings is 1. The van der Waals surface area contributed by atoms with Crippen molar-refractivity contribution in [1.29, 1.82) is 5.26 Å². The second kappa shape index (κ2) is 4.33. The van der Waals surface area contributed by atoms with Gasteiger partial charge in [-0.3, -0.25) is 9.59 Å². The number of nitriles is 1. The summed E-state index contributed by atoms with van der Waals surface area (Å²) in [5, 5.41) is 8.66. The summed E-state index contributed by atoms with van der Waals surface area (Å²) >= 11 is 1.94. The molecule has 0 heterocycles. The molecule has 0 spiro atoms. The maximum absolute atomic E-state index is 11.2. The minimum atomic E-state index is -0.166. The number of carbonyl (C=O) groups is 2. The summed E-state index contributed by atoms with van der Waals surface area (Å²) in [4.78, 5) is 21.9. The summed E-state index contributed by atoms with van der Waals surface area (Å²) in [5.74, 6) is -0.166. The van der Waals surface area contributed by atoms with Gasteiger partial charge >= 0.3 is 0 Å². The normalized spacial score (nSPS) is 9.21. The Hall–Kier alpha value is -1.22. The molecule has 4 heteroatoms. The van der Waals surface area contributed by atoms with Crippen LogP contribution < -0.4 is 0 Å². The molecule has 0 aliphatic rings. The Morgan fingerprint density at radius 1 is 1.57 bits per heavy atom. The summed E-state index contributed by atoms with van der Waals surface area (Å²) in [6, 6.07) is 4.94. The summed E-state index contributed by atoms with van der Waals surface area (Å²) in [5.41, 5.74) is 1.06. The number of hydrogen-bond donors (Lipinski definition) is 0. The number of halogens is 1. The average Bonchev–Trinajstić information content (AvgIpc) is 2.15. The number of Topliss-reactive ketones (excluding diaryl/α,β-unsaturated/α-hetero) is 1. The van der Waals surface area contributed by atoms with Gasteiger partial charge in [0.05, 0.1) is 11.6 Å². The number of nitrogens with zero attached hydrogens (tertiary/aromatic N) is 1. The standard InChI is InChI=1S/C10H6INO2/c1-6(14)10-8(5-13)2-7(4-12)3-9(10)11/h2-3,5H,1H3. The lowest BCUT2D eigenvalue weighted by Gasteiger charge is -2.03. The minimum Gasteiger partial charge on any atom is -0.298 e. The molecule has 70 valence electrons. The van der Waals surface area contributed by atoms with Crippen molar-refractivity contribution < 1.29 is 9.59 Å². The van der Waals surface area contributed by atoms with Gasteiger partial charge in [-0.25, -0.2) is 0 Å². The van der Waals surface area contributed by atoms with Crippen LogP contribution in [0.4, 0.5) is 0 Å². The van der Waals surface area contributed by atoms with Crippen molar-refractivity contribution in [2.75, 3.05) is 0 Å². The maximum atomic E-state index is 11.2. The Kier molecular flexibility index (Phi) is 3.36. The number of ketones is 1. The van der Waals surface area contributed by atoms with E-state index in [0.717, 1.165) is 0 Å². The second-order valence-electron chi connectivity index (χ2n) is 2.71. The van der Waals surface area contributed by atoms with Gasteiger partial charge in [0, 0.05) is 14.7 Å². The quantitative estimate of drug-likeness (QED) is 0.478. The molecule has 0 aliphatic carbocycles. The number of aldehydes is 1. The third kappa shape index (κ3) is 1.99. The van der Waals surface area contributed by atoms with E-state index in [9.17, 15) is 9.59 Å². The van der Waals surface area contributed by atoms with Gasteiger partial charge in [-0.1, -0.05) is 0 Å². The van der Waals surface area contributed by atoms with E-state index >= 15 is 0 Å². The van der Waals surface area contributed by atoms with Crippen LogP contribution in [0.5, 0.6) is 0 Å². The number of carbonyl (C=O) groups excluding carboxylic acids is 2. The lowest BCUT2D eigenvalue weighted by Crippen LogP contribution is -2.03. The number of rotatable bonds is 2. The van der Waals surface area contributed by atoms with E-state index in [-0.39, 0.29) is 11.3 Å². The van der Waals surface area contributed by atoms with Gasteiger partial charge in [-0.15, -0.1) is 0 Å². The van der Waals surface area contributed by atoms with Gasteiger partial charge in [0.15, 0.2) is 12.1 Å². The minimum absolute atomic E-state index is 0.166. The van der Waals surface area contributed by atoms with E-state index in [0.29, 0.717) is 21.0 Å². The Balaban J connectivity index is 3.52. The van der Waals surface area contributed by atoms with Gasteiger partial charge in [0.2, 0.25) is 0 Å². The first kappa shape index (κ1) is 10.9. The van der Waals surface area contributed by atoms with Gasteiger partial charge in [-0.05, 0) is 41.6 Å². The van der Waals surface area contributed by atoms with Crippen molar-refractivity contribution >= 4 is 34.7 Å². The summed E-state index contributed by atoms with van der Waals surface area (Å²) in [7, 11) is 0. The molecule has 0 bridgehead atoms. The predicted octanol–water partition coefficient (Wildman–Crippen LogP) is 2.18. The van der Waals surface area contributed by atoms with Crippen LogP contribution in [0.2, 0.25) is 0 Å². The van der Waals surface area contributed by atoms with Gasteiger partial charge in [0.25, 0.3) is 0 Å². The van der Waals surface area contributed by atoms with Crippen LogP contribution in [0, 0.1) is 14.9 Å². The monoisotopic (exact) mass is 299 g/mol. The molecule has 0 fully saturated rings. The average molecular weight is 299 g/mol. The van der Waals surface area contributed by atoms with Crippen LogP contribution in [0.1, 0.15) is 33.2 Å². The highest BCUT2D eigenvalue weighted by atomic mass is 127. The Bertz CT molecular complexity index is 446. The van der Waals surface area contributed by atoms with Crippen molar-refractivity contribution in [3.05, 3.63) is 32.4 Å². The second-order valence-corrected chi connectivity index (χ2v) is 3.87. The third-order valence-corrected chi connectivity index (χ3v) is 2.58. The molecular formula is C10H6INO2. The molecule has 0 atom stereocenters. The first-order valence-corrected chi connectivity index (χ1v) is 4.87. The molecule has 14 heavy (non-hydrogen) atoms. The molecule has 0 aliphatic heterocycles. The van der Waals surface area contributed by atoms with Gasteiger partial charge in [-0.2, -0.15) is 5.26 Å².